The van der Waals surface area contributed by atoms with Gasteiger partial charge in [0.2, 0.25) is 0 Å². The molecule has 0 radical (unpaired) electrons. The van der Waals surface area contributed by atoms with E-state index in [4.69, 9.17) is 4.98 Å². The van der Waals surface area contributed by atoms with Gasteiger partial charge in [-0.2, -0.15) is 0 Å². The molecule has 0 amide bonds. The highest BCUT2D eigenvalue weighted by Gasteiger charge is 2.18. The minimum atomic E-state index is -0.0463. The van der Waals surface area contributed by atoms with Crippen molar-refractivity contribution >= 4 is 11.2 Å². The SMILES string of the molecule is C=C1C(C)=CC(c2cc(=O)n3cc(C4CCNCC4)ccc3n2)=CN1/C=C(/C)C(C)CC. The number of rotatable bonds is 5. The van der Waals surface area contributed by atoms with Gasteiger partial charge in [-0.15, -0.1) is 0 Å². The topological polar surface area (TPSA) is 49.6 Å². The van der Waals surface area contributed by atoms with Gasteiger partial charge < -0.3 is 10.2 Å². The van der Waals surface area contributed by atoms with Crippen LogP contribution in [0.3, 0.4) is 0 Å². The lowest BCUT2D eigenvalue weighted by Gasteiger charge is -2.27. The maximum atomic E-state index is 13.0. The van der Waals surface area contributed by atoms with Crippen LogP contribution in [0.2, 0.25) is 0 Å². The minimum Gasteiger partial charge on any atom is -0.324 e. The van der Waals surface area contributed by atoms with Crippen LogP contribution in [-0.4, -0.2) is 27.4 Å². The first-order valence-electron chi connectivity index (χ1n) is 11.7. The van der Waals surface area contributed by atoms with E-state index in [1.807, 2.05) is 25.4 Å². The summed E-state index contributed by atoms with van der Waals surface area (Å²) in [5.74, 6) is 1.00. The highest BCUT2D eigenvalue weighted by molar-refractivity contribution is 5.76. The molecular formula is C27H34N4O. The van der Waals surface area contributed by atoms with Gasteiger partial charge >= 0.3 is 0 Å². The predicted octanol–water partition coefficient (Wildman–Crippen LogP) is 5.23. The molecule has 2 aliphatic rings. The molecule has 2 aromatic rings. The maximum absolute atomic E-state index is 13.0. The zero-order valence-corrected chi connectivity index (χ0v) is 19.7. The van der Waals surface area contributed by atoms with Crippen LogP contribution in [0.25, 0.3) is 11.2 Å². The van der Waals surface area contributed by atoms with Crippen LogP contribution < -0.4 is 10.9 Å². The van der Waals surface area contributed by atoms with E-state index in [9.17, 15) is 4.79 Å². The van der Waals surface area contributed by atoms with Crippen molar-refractivity contribution in [1.82, 2.24) is 19.6 Å². The van der Waals surface area contributed by atoms with E-state index in [0.29, 0.717) is 23.2 Å². The molecule has 2 aromatic heterocycles. The summed E-state index contributed by atoms with van der Waals surface area (Å²) in [6.45, 7) is 14.9. The normalized spacial score (nSPS) is 19.2. The Morgan fingerprint density at radius 1 is 1.34 bits per heavy atom. The summed E-state index contributed by atoms with van der Waals surface area (Å²) in [5, 5.41) is 3.40. The minimum absolute atomic E-state index is 0.0463. The Balaban J connectivity index is 1.71. The predicted molar refractivity (Wildman–Crippen MR) is 132 cm³/mol. The molecule has 0 aromatic carbocycles. The molecular weight excluding hydrogens is 396 g/mol. The second kappa shape index (κ2) is 9.29. The molecule has 1 atom stereocenters. The van der Waals surface area contributed by atoms with Crippen LogP contribution in [0.5, 0.6) is 0 Å². The number of piperidine rings is 1. The number of nitrogens with zero attached hydrogens (tertiary/aromatic N) is 3. The molecule has 168 valence electrons. The van der Waals surface area contributed by atoms with Gasteiger partial charge in [0.25, 0.3) is 5.56 Å². The van der Waals surface area contributed by atoms with Crippen LogP contribution in [0.15, 0.2) is 71.1 Å². The summed E-state index contributed by atoms with van der Waals surface area (Å²) in [6, 6.07) is 5.75. The van der Waals surface area contributed by atoms with Crippen LogP contribution >= 0.6 is 0 Å². The number of nitrogens with one attached hydrogen (secondary N) is 1. The van der Waals surface area contributed by atoms with Gasteiger partial charge in [0.15, 0.2) is 0 Å². The maximum Gasteiger partial charge on any atom is 0.258 e. The van der Waals surface area contributed by atoms with Crippen molar-refractivity contribution < 1.29 is 0 Å². The third-order valence-corrected chi connectivity index (χ3v) is 6.94. The summed E-state index contributed by atoms with van der Waals surface area (Å²) >= 11 is 0. The monoisotopic (exact) mass is 430 g/mol. The first kappa shape index (κ1) is 22.3. The third kappa shape index (κ3) is 4.49. The molecule has 5 nitrogen and oxygen atoms in total. The van der Waals surface area contributed by atoms with Crippen molar-refractivity contribution in [2.75, 3.05) is 13.1 Å². The van der Waals surface area contributed by atoms with E-state index >= 15 is 0 Å². The van der Waals surface area contributed by atoms with Gasteiger partial charge in [0, 0.05) is 35.9 Å². The lowest BCUT2D eigenvalue weighted by Crippen LogP contribution is -2.27. The second-order valence-electron chi connectivity index (χ2n) is 9.14. The van der Waals surface area contributed by atoms with Gasteiger partial charge in [-0.3, -0.25) is 9.20 Å². The van der Waals surface area contributed by atoms with Crippen LogP contribution in [0, 0.1) is 5.92 Å². The molecule has 1 fully saturated rings. The fourth-order valence-corrected chi connectivity index (χ4v) is 4.37. The third-order valence-electron chi connectivity index (χ3n) is 6.94. The highest BCUT2D eigenvalue weighted by Crippen LogP contribution is 2.30. The van der Waals surface area contributed by atoms with E-state index < -0.39 is 0 Å². The van der Waals surface area contributed by atoms with Crippen molar-refractivity contribution in [1.29, 1.82) is 0 Å². The van der Waals surface area contributed by atoms with Crippen LogP contribution in [0.1, 0.15) is 64.1 Å². The van der Waals surface area contributed by atoms with Gasteiger partial charge in [-0.25, -0.2) is 4.98 Å². The van der Waals surface area contributed by atoms with Gasteiger partial charge in [0.05, 0.1) is 5.69 Å². The fraction of sp³-hybridized carbons (Fsp3) is 0.407. The molecule has 5 heteroatoms. The molecule has 1 N–H and O–H groups in total. The Kier molecular flexibility index (Phi) is 6.47. The Hall–Kier alpha value is -2.92. The first-order chi connectivity index (χ1) is 15.4. The van der Waals surface area contributed by atoms with Crippen molar-refractivity contribution in [3.63, 3.8) is 0 Å². The van der Waals surface area contributed by atoms with E-state index in [0.717, 1.165) is 49.2 Å². The molecule has 0 aliphatic carbocycles. The van der Waals surface area contributed by atoms with Gasteiger partial charge in [-0.1, -0.05) is 32.1 Å². The number of allylic oxidation sites excluding steroid dienone is 4. The Bertz CT molecular complexity index is 1180. The molecule has 0 bridgehead atoms. The number of aromatic nitrogens is 2. The van der Waals surface area contributed by atoms with E-state index in [-0.39, 0.29) is 5.56 Å². The quantitative estimate of drug-likeness (QED) is 0.706. The summed E-state index contributed by atoms with van der Waals surface area (Å²) in [6.07, 6.45) is 11.5. The summed E-state index contributed by atoms with van der Waals surface area (Å²) in [7, 11) is 0. The Labute approximate surface area is 190 Å². The van der Waals surface area contributed by atoms with Crippen molar-refractivity contribution in [2.24, 2.45) is 5.92 Å². The average molecular weight is 431 g/mol. The summed E-state index contributed by atoms with van der Waals surface area (Å²) in [5.41, 5.74) is 6.78. The Morgan fingerprint density at radius 3 is 2.81 bits per heavy atom. The van der Waals surface area contributed by atoms with Crippen LogP contribution in [-0.2, 0) is 0 Å². The van der Waals surface area contributed by atoms with Crippen molar-refractivity contribution in [2.45, 2.75) is 52.9 Å². The van der Waals surface area contributed by atoms with Gasteiger partial charge in [-0.05, 0) is 81.3 Å². The highest BCUT2D eigenvalue weighted by atomic mass is 16.1. The Morgan fingerprint density at radius 2 is 2.09 bits per heavy atom. The zero-order valence-electron chi connectivity index (χ0n) is 19.7. The lowest BCUT2D eigenvalue weighted by atomic mass is 9.91. The van der Waals surface area contributed by atoms with E-state index in [1.165, 1.54) is 11.1 Å². The van der Waals surface area contributed by atoms with Crippen molar-refractivity contribution in [3.05, 3.63) is 87.9 Å². The fourth-order valence-electron chi connectivity index (χ4n) is 4.37. The standard InChI is InChI=1S/C27H34N4O/c1-6-18(2)20(4)15-30-16-24(13-19(3)21(30)5)25-14-27(32)31-17-23(7-8-26(31)29-25)22-9-11-28-12-10-22/h7-8,13-18,22,28H,5-6,9-12H2,1-4H3/b20-15-. The smallest absolute Gasteiger partial charge is 0.258 e. The molecule has 32 heavy (non-hydrogen) atoms. The molecule has 4 heterocycles. The first-order valence-corrected chi connectivity index (χ1v) is 11.7. The largest absolute Gasteiger partial charge is 0.324 e. The molecule has 0 saturated carbocycles. The molecule has 4 rings (SSSR count). The van der Waals surface area contributed by atoms with Gasteiger partial charge in [0.1, 0.15) is 5.65 Å². The number of fused-ring (bicyclic) bond motifs is 1. The summed E-state index contributed by atoms with van der Waals surface area (Å²) in [4.78, 5) is 19.9. The average Bonchev–Trinajstić information content (AvgIpc) is 2.81. The van der Waals surface area contributed by atoms with E-state index in [1.54, 1.807) is 10.5 Å². The van der Waals surface area contributed by atoms with Crippen LogP contribution in [0.4, 0.5) is 0 Å². The lowest BCUT2D eigenvalue weighted by molar-refractivity contribution is 0.459. The molecule has 2 aliphatic heterocycles. The number of hydrogen-bond donors (Lipinski definition) is 1. The molecule has 0 spiro atoms. The number of hydrogen-bond acceptors (Lipinski definition) is 4. The molecule has 1 saturated heterocycles. The van der Waals surface area contributed by atoms with E-state index in [2.05, 4.69) is 55.9 Å². The summed E-state index contributed by atoms with van der Waals surface area (Å²) < 4.78 is 1.69. The zero-order chi connectivity index (χ0) is 22.8. The molecule has 1 unspecified atom stereocenters. The second-order valence-corrected chi connectivity index (χ2v) is 9.14. The number of pyridine rings is 1. The van der Waals surface area contributed by atoms with Crippen molar-refractivity contribution in [3.8, 4) is 0 Å².